The van der Waals surface area contributed by atoms with E-state index < -0.39 is 0 Å². The molecule has 240 valence electrons. The van der Waals surface area contributed by atoms with Gasteiger partial charge in [0.2, 0.25) is 0 Å². The van der Waals surface area contributed by atoms with Crippen molar-refractivity contribution in [3.63, 3.8) is 0 Å². The SMILES string of the molecule is c1ccc(-c2cccc3c2c2ccccc2n3-c2ccccc2-c2ccc(N(c3ccccc3)c3cccc4c3oc3ccccc34)cc2)cc1. The summed E-state index contributed by atoms with van der Waals surface area (Å²) in [6, 6.07) is 69.0. The van der Waals surface area contributed by atoms with Crippen LogP contribution in [0, 0.1) is 0 Å². The van der Waals surface area contributed by atoms with Gasteiger partial charge in [0.1, 0.15) is 5.58 Å². The Hall–Kier alpha value is -6.84. The maximum Gasteiger partial charge on any atom is 0.159 e. The second kappa shape index (κ2) is 11.9. The van der Waals surface area contributed by atoms with Crippen LogP contribution in [0.2, 0.25) is 0 Å². The van der Waals surface area contributed by atoms with Crippen molar-refractivity contribution in [2.45, 2.75) is 0 Å². The predicted octanol–water partition coefficient (Wildman–Crippen LogP) is 13.5. The molecule has 0 aliphatic carbocycles. The van der Waals surface area contributed by atoms with Crippen LogP contribution in [0.1, 0.15) is 0 Å². The van der Waals surface area contributed by atoms with Crippen molar-refractivity contribution in [1.82, 2.24) is 4.57 Å². The maximum absolute atomic E-state index is 6.52. The lowest BCUT2D eigenvalue weighted by Gasteiger charge is -2.25. The second-order valence-electron chi connectivity index (χ2n) is 12.9. The van der Waals surface area contributed by atoms with E-state index in [0.29, 0.717) is 0 Å². The standard InChI is InChI=1S/C48H32N2O/c1-3-15-33(16-4-1)38-22-13-26-44-47(38)41-21-8-11-25-43(41)50(44)42-24-10-7-19-37(42)34-29-31-36(32-30-34)49(35-17-5-2-6-18-35)45-27-14-23-40-39-20-9-12-28-46(39)51-48(40)45/h1-32H. The van der Waals surface area contributed by atoms with Crippen LogP contribution in [0.3, 0.4) is 0 Å². The van der Waals surface area contributed by atoms with Crippen LogP contribution in [-0.4, -0.2) is 4.57 Å². The highest BCUT2D eigenvalue weighted by Crippen LogP contribution is 2.44. The number of hydrogen-bond acceptors (Lipinski definition) is 2. The normalized spacial score (nSPS) is 11.5. The number of hydrogen-bond donors (Lipinski definition) is 0. The molecular weight excluding hydrogens is 621 g/mol. The first-order valence-corrected chi connectivity index (χ1v) is 17.4. The van der Waals surface area contributed by atoms with Gasteiger partial charge in [0.25, 0.3) is 0 Å². The number of furan rings is 1. The van der Waals surface area contributed by atoms with Gasteiger partial charge in [0, 0.05) is 38.5 Å². The summed E-state index contributed by atoms with van der Waals surface area (Å²) in [7, 11) is 0. The molecule has 0 radical (unpaired) electrons. The second-order valence-corrected chi connectivity index (χ2v) is 12.9. The zero-order valence-corrected chi connectivity index (χ0v) is 27.8. The van der Waals surface area contributed by atoms with Gasteiger partial charge in [-0.1, -0.05) is 140 Å². The summed E-state index contributed by atoms with van der Waals surface area (Å²) in [5.74, 6) is 0. The molecule has 0 fully saturated rings. The third-order valence-corrected chi connectivity index (χ3v) is 10.0. The van der Waals surface area contributed by atoms with Gasteiger partial charge in [-0.05, 0) is 71.3 Å². The molecule has 2 aromatic heterocycles. The lowest BCUT2D eigenvalue weighted by Crippen LogP contribution is -2.10. The summed E-state index contributed by atoms with van der Waals surface area (Å²) in [6.07, 6.45) is 0. The minimum Gasteiger partial charge on any atom is -0.454 e. The quantitative estimate of drug-likeness (QED) is 0.178. The molecule has 2 heterocycles. The lowest BCUT2D eigenvalue weighted by molar-refractivity contribution is 0.669. The average Bonchev–Trinajstić information content (AvgIpc) is 3.76. The van der Waals surface area contributed by atoms with Gasteiger partial charge in [-0.2, -0.15) is 0 Å². The summed E-state index contributed by atoms with van der Waals surface area (Å²) < 4.78 is 8.95. The van der Waals surface area contributed by atoms with Crippen molar-refractivity contribution in [3.05, 3.63) is 194 Å². The molecule has 0 atom stereocenters. The van der Waals surface area contributed by atoms with Crippen LogP contribution in [0.5, 0.6) is 0 Å². The highest BCUT2D eigenvalue weighted by molar-refractivity contribution is 6.16. The molecule has 10 rings (SSSR count). The molecule has 0 amide bonds. The largest absolute Gasteiger partial charge is 0.454 e. The van der Waals surface area contributed by atoms with Crippen molar-refractivity contribution >= 4 is 60.8 Å². The molecule has 0 aliphatic heterocycles. The topological polar surface area (TPSA) is 21.3 Å². The van der Waals surface area contributed by atoms with Crippen LogP contribution in [0.4, 0.5) is 17.1 Å². The Bertz CT molecular complexity index is 2850. The van der Waals surface area contributed by atoms with Crippen LogP contribution >= 0.6 is 0 Å². The fraction of sp³-hybridized carbons (Fsp3) is 0. The van der Waals surface area contributed by atoms with E-state index in [1.165, 1.54) is 38.5 Å². The lowest BCUT2D eigenvalue weighted by atomic mass is 9.99. The number of para-hydroxylation sites is 5. The van der Waals surface area contributed by atoms with Gasteiger partial charge in [0.15, 0.2) is 5.58 Å². The molecule has 8 aromatic carbocycles. The highest BCUT2D eigenvalue weighted by atomic mass is 16.3. The number of fused-ring (bicyclic) bond motifs is 6. The molecule has 0 N–H and O–H groups in total. The molecule has 10 aromatic rings. The van der Waals surface area contributed by atoms with Gasteiger partial charge in [-0.15, -0.1) is 0 Å². The van der Waals surface area contributed by atoms with Crippen LogP contribution in [0.25, 0.3) is 71.7 Å². The van der Waals surface area contributed by atoms with Gasteiger partial charge >= 0.3 is 0 Å². The van der Waals surface area contributed by atoms with Crippen LogP contribution in [-0.2, 0) is 0 Å². The summed E-state index contributed by atoms with van der Waals surface area (Å²) in [6.45, 7) is 0. The van der Waals surface area contributed by atoms with Gasteiger partial charge in [-0.25, -0.2) is 0 Å². The van der Waals surface area contributed by atoms with E-state index in [4.69, 9.17) is 4.42 Å². The van der Waals surface area contributed by atoms with Gasteiger partial charge < -0.3 is 13.9 Å². The van der Waals surface area contributed by atoms with E-state index in [-0.39, 0.29) is 0 Å². The molecule has 0 bridgehead atoms. The Morgan fingerprint density at radius 1 is 0.392 bits per heavy atom. The summed E-state index contributed by atoms with van der Waals surface area (Å²) in [5.41, 5.74) is 13.2. The first-order chi connectivity index (χ1) is 25.3. The summed E-state index contributed by atoms with van der Waals surface area (Å²) >= 11 is 0. The molecule has 0 unspecified atom stereocenters. The molecule has 0 saturated carbocycles. The Labute approximate surface area is 295 Å². The summed E-state index contributed by atoms with van der Waals surface area (Å²) in [5, 5.41) is 4.74. The Balaban J connectivity index is 1.13. The van der Waals surface area contributed by atoms with E-state index >= 15 is 0 Å². The minimum absolute atomic E-state index is 0.873. The van der Waals surface area contributed by atoms with Crippen LogP contribution in [0.15, 0.2) is 199 Å². The van der Waals surface area contributed by atoms with E-state index in [0.717, 1.165) is 50.3 Å². The first-order valence-electron chi connectivity index (χ1n) is 17.4. The maximum atomic E-state index is 6.52. The minimum atomic E-state index is 0.873. The zero-order valence-electron chi connectivity index (χ0n) is 27.8. The Kier molecular flexibility index (Phi) is 6.81. The number of rotatable bonds is 6. The molecule has 51 heavy (non-hydrogen) atoms. The number of nitrogens with zero attached hydrogens (tertiary/aromatic N) is 2. The van der Waals surface area contributed by atoms with Crippen molar-refractivity contribution in [2.75, 3.05) is 4.90 Å². The van der Waals surface area contributed by atoms with E-state index in [2.05, 4.69) is 191 Å². The van der Waals surface area contributed by atoms with Crippen molar-refractivity contribution in [2.24, 2.45) is 0 Å². The van der Waals surface area contributed by atoms with Gasteiger partial charge in [0.05, 0.1) is 22.4 Å². The van der Waals surface area contributed by atoms with E-state index in [1.54, 1.807) is 0 Å². The number of benzene rings is 8. The zero-order chi connectivity index (χ0) is 33.7. The highest BCUT2D eigenvalue weighted by Gasteiger charge is 2.21. The molecule has 3 nitrogen and oxygen atoms in total. The summed E-state index contributed by atoms with van der Waals surface area (Å²) in [4.78, 5) is 2.29. The Morgan fingerprint density at radius 2 is 0.980 bits per heavy atom. The fourth-order valence-electron chi connectivity index (χ4n) is 7.75. The van der Waals surface area contributed by atoms with E-state index in [1.807, 2.05) is 12.1 Å². The molecule has 0 saturated heterocycles. The molecule has 0 aliphatic rings. The van der Waals surface area contributed by atoms with Gasteiger partial charge in [-0.3, -0.25) is 0 Å². The van der Waals surface area contributed by atoms with Crippen LogP contribution < -0.4 is 4.90 Å². The van der Waals surface area contributed by atoms with Crippen molar-refractivity contribution in [1.29, 1.82) is 0 Å². The third kappa shape index (κ3) is 4.74. The Morgan fingerprint density at radius 3 is 1.82 bits per heavy atom. The molecule has 3 heteroatoms. The molecular formula is C48H32N2O. The van der Waals surface area contributed by atoms with E-state index in [9.17, 15) is 0 Å². The first kappa shape index (κ1) is 29.1. The molecule has 0 spiro atoms. The smallest absolute Gasteiger partial charge is 0.159 e. The average molecular weight is 653 g/mol. The third-order valence-electron chi connectivity index (χ3n) is 10.0. The predicted molar refractivity (Wildman–Crippen MR) is 214 cm³/mol. The van der Waals surface area contributed by atoms with Crippen molar-refractivity contribution in [3.8, 4) is 27.9 Å². The monoisotopic (exact) mass is 652 g/mol. The van der Waals surface area contributed by atoms with Crippen molar-refractivity contribution < 1.29 is 4.42 Å². The number of anilines is 3. The number of aromatic nitrogens is 1. The fourth-order valence-corrected chi connectivity index (χ4v) is 7.75.